The van der Waals surface area contributed by atoms with Gasteiger partial charge in [-0.1, -0.05) is 6.08 Å². The Hall–Kier alpha value is -0.830. The molecule has 0 atom stereocenters. The van der Waals surface area contributed by atoms with E-state index in [-0.39, 0.29) is 0 Å². The maximum Gasteiger partial charge on any atom is 0.103 e. The van der Waals surface area contributed by atoms with Gasteiger partial charge >= 0.3 is 0 Å². The number of aliphatic hydroxyl groups is 1. The zero-order chi connectivity index (χ0) is 9.90. The molecular formula is C10H18N2O. The molecule has 3 heteroatoms. The van der Waals surface area contributed by atoms with Crippen molar-refractivity contribution in [3.63, 3.8) is 0 Å². The SMILES string of the molecule is CN/N=C(\C=C\C1CC1)C(C)(C)O. The maximum absolute atomic E-state index is 9.72. The van der Waals surface area contributed by atoms with Gasteiger partial charge in [-0.15, -0.1) is 0 Å². The summed E-state index contributed by atoms with van der Waals surface area (Å²) < 4.78 is 0. The van der Waals surface area contributed by atoms with Crippen molar-refractivity contribution in [2.45, 2.75) is 32.3 Å². The topological polar surface area (TPSA) is 44.6 Å². The van der Waals surface area contributed by atoms with Gasteiger partial charge in [-0.05, 0) is 38.7 Å². The first-order valence-electron chi connectivity index (χ1n) is 4.69. The molecule has 1 fully saturated rings. The van der Waals surface area contributed by atoms with Crippen molar-refractivity contribution in [2.24, 2.45) is 11.0 Å². The van der Waals surface area contributed by atoms with E-state index in [0.29, 0.717) is 11.6 Å². The minimum atomic E-state index is -0.867. The van der Waals surface area contributed by atoms with Gasteiger partial charge in [-0.25, -0.2) is 0 Å². The molecule has 1 saturated carbocycles. The van der Waals surface area contributed by atoms with Crippen LogP contribution in [0.4, 0.5) is 0 Å². The molecule has 0 spiro atoms. The lowest BCUT2D eigenvalue weighted by Crippen LogP contribution is -2.31. The molecule has 0 heterocycles. The summed E-state index contributed by atoms with van der Waals surface area (Å²) in [6, 6.07) is 0. The molecule has 0 saturated heterocycles. The summed E-state index contributed by atoms with van der Waals surface area (Å²) in [6.45, 7) is 3.47. The molecule has 0 radical (unpaired) electrons. The van der Waals surface area contributed by atoms with Crippen molar-refractivity contribution in [1.82, 2.24) is 5.43 Å². The van der Waals surface area contributed by atoms with Crippen LogP contribution in [0.15, 0.2) is 17.3 Å². The molecule has 0 amide bonds. The molecule has 0 aliphatic heterocycles. The normalized spacial score (nSPS) is 19.5. The Balaban J connectivity index is 2.61. The van der Waals surface area contributed by atoms with E-state index >= 15 is 0 Å². The third kappa shape index (κ3) is 3.59. The summed E-state index contributed by atoms with van der Waals surface area (Å²) in [7, 11) is 1.73. The van der Waals surface area contributed by atoms with Gasteiger partial charge in [0.1, 0.15) is 5.60 Å². The lowest BCUT2D eigenvalue weighted by Gasteiger charge is -2.16. The minimum absolute atomic E-state index is 0.682. The molecule has 0 aromatic heterocycles. The maximum atomic E-state index is 9.72. The second-order valence-electron chi connectivity index (χ2n) is 3.98. The molecular weight excluding hydrogens is 164 g/mol. The summed E-state index contributed by atoms with van der Waals surface area (Å²) in [6.07, 6.45) is 6.58. The molecule has 13 heavy (non-hydrogen) atoms. The van der Waals surface area contributed by atoms with Crippen LogP contribution in [0.3, 0.4) is 0 Å². The van der Waals surface area contributed by atoms with Crippen molar-refractivity contribution < 1.29 is 5.11 Å². The first-order chi connectivity index (χ1) is 6.04. The minimum Gasteiger partial charge on any atom is -0.384 e. The van der Waals surface area contributed by atoms with Crippen molar-refractivity contribution in [3.05, 3.63) is 12.2 Å². The fraction of sp³-hybridized carbons (Fsp3) is 0.700. The number of hydrazone groups is 1. The Labute approximate surface area is 79.5 Å². The number of hydrogen-bond donors (Lipinski definition) is 2. The lowest BCUT2D eigenvalue weighted by atomic mass is 10.0. The lowest BCUT2D eigenvalue weighted by molar-refractivity contribution is 0.154. The second-order valence-corrected chi connectivity index (χ2v) is 3.98. The van der Waals surface area contributed by atoms with Crippen molar-refractivity contribution in [2.75, 3.05) is 7.05 Å². The fourth-order valence-electron chi connectivity index (χ4n) is 1.01. The molecule has 0 unspecified atom stereocenters. The first kappa shape index (κ1) is 10.3. The molecule has 0 bridgehead atoms. The van der Waals surface area contributed by atoms with Crippen LogP contribution in [-0.2, 0) is 0 Å². The Morgan fingerprint density at radius 1 is 1.54 bits per heavy atom. The van der Waals surface area contributed by atoms with Gasteiger partial charge in [0.15, 0.2) is 0 Å². The number of nitrogens with zero attached hydrogens (tertiary/aromatic N) is 1. The van der Waals surface area contributed by atoms with Gasteiger partial charge in [0.25, 0.3) is 0 Å². The number of hydrogen-bond acceptors (Lipinski definition) is 3. The van der Waals surface area contributed by atoms with Crippen LogP contribution >= 0.6 is 0 Å². The van der Waals surface area contributed by atoms with Gasteiger partial charge in [-0.2, -0.15) is 5.10 Å². The third-order valence-corrected chi connectivity index (χ3v) is 2.01. The van der Waals surface area contributed by atoms with Crippen molar-refractivity contribution in [1.29, 1.82) is 0 Å². The quantitative estimate of drug-likeness (QED) is 0.508. The van der Waals surface area contributed by atoms with E-state index in [1.807, 2.05) is 6.08 Å². The monoisotopic (exact) mass is 182 g/mol. The van der Waals surface area contributed by atoms with Gasteiger partial charge < -0.3 is 10.5 Å². The average molecular weight is 182 g/mol. The Kier molecular flexibility index (Phi) is 3.09. The molecule has 0 aromatic rings. The van der Waals surface area contributed by atoms with E-state index in [9.17, 15) is 5.11 Å². The zero-order valence-corrected chi connectivity index (χ0v) is 8.54. The summed E-state index contributed by atoms with van der Waals surface area (Å²) in [4.78, 5) is 0. The molecule has 1 aliphatic carbocycles. The van der Waals surface area contributed by atoms with E-state index in [1.165, 1.54) is 12.8 Å². The second kappa shape index (κ2) is 3.92. The highest BCUT2D eigenvalue weighted by Crippen LogP contribution is 2.30. The predicted molar refractivity (Wildman–Crippen MR) is 54.7 cm³/mol. The van der Waals surface area contributed by atoms with E-state index < -0.39 is 5.60 Å². The summed E-state index contributed by atoms with van der Waals surface area (Å²) in [5, 5.41) is 13.7. The van der Waals surface area contributed by atoms with Crippen LogP contribution in [0.5, 0.6) is 0 Å². The Morgan fingerprint density at radius 3 is 2.54 bits per heavy atom. The highest BCUT2D eigenvalue weighted by atomic mass is 16.3. The molecule has 0 aromatic carbocycles. The first-order valence-corrected chi connectivity index (χ1v) is 4.69. The summed E-state index contributed by atoms with van der Waals surface area (Å²) in [5.74, 6) is 0.712. The molecule has 2 N–H and O–H groups in total. The molecule has 1 aliphatic rings. The van der Waals surface area contributed by atoms with E-state index in [2.05, 4.69) is 16.6 Å². The van der Waals surface area contributed by atoms with E-state index in [0.717, 1.165) is 0 Å². The van der Waals surface area contributed by atoms with E-state index in [1.54, 1.807) is 20.9 Å². The van der Waals surface area contributed by atoms with Crippen LogP contribution in [0, 0.1) is 5.92 Å². The third-order valence-electron chi connectivity index (χ3n) is 2.01. The number of allylic oxidation sites excluding steroid dienone is 1. The Morgan fingerprint density at radius 2 is 2.15 bits per heavy atom. The van der Waals surface area contributed by atoms with Crippen molar-refractivity contribution in [3.8, 4) is 0 Å². The van der Waals surface area contributed by atoms with Crippen LogP contribution in [0.25, 0.3) is 0 Å². The van der Waals surface area contributed by atoms with Crippen LogP contribution in [-0.4, -0.2) is 23.5 Å². The van der Waals surface area contributed by atoms with Crippen LogP contribution in [0.1, 0.15) is 26.7 Å². The standard InChI is InChI=1S/C10H18N2O/c1-10(2,13)9(12-11-3)7-6-8-4-5-8/h6-8,11,13H,4-5H2,1-3H3/b7-6+,12-9+. The average Bonchev–Trinajstić information content (AvgIpc) is 2.78. The molecule has 3 nitrogen and oxygen atoms in total. The van der Waals surface area contributed by atoms with E-state index in [4.69, 9.17) is 0 Å². The summed E-state index contributed by atoms with van der Waals surface area (Å²) in [5.41, 5.74) is 2.51. The zero-order valence-electron chi connectivity index (χ0n) is 8.54. The largest absolute Gasteiger partial charge is 0.384 e. The van der Waals surface area contributed by atoms with Gasteiger partial charge in [0, 0.05) is 7.05 Å². The fourth-order valence-corrected chi connectivity index (χ4v) is 1.01. The number of rotatable bonds is 4. The van der Waals surface area contributed by atoms with Crippen LogP contribution in [0.2, 0.25) is 0 Å². The highest BCUT2D eigenvalue weighted by molar-refractivity contribution is 6.00. The van der Waals surface area contributed by atoms with Gasteiger partial charge in [0.05, 0.1) is 5.71 Å². The van der Waals surface area contributed by atoms with Gasteiger partial charge in [0.2, 0.25) is 0 Å². The number of nitrogens with one attached hydrogen (secondary N) is 1. The summed E-state index contributed by atoms with van der Waals surface area (Å²) >= 11 is 0. The Bertz CT molecular complexity index is 222. The molecule has 74 valence electrons. The highest BCUT2D eigenvalue weighted by Gasteiger charge is 2.22. The van der Waals surface area contributed by atoms with Crippen LogP contribution < -0.4 is 5.43 Å². The smallest absolute Gasteiger partial charge is 0.103 e. The molecule has 1 rings (SSSR count). The van der Waals surface area contributed by atoms with Crippen molar-refractivity contribution >= 4 is 5.71 Å². The predicted octanol–water partition coefficient (Wildman–Crippen LogP) is 1.30. The van der Waals surface area contributed by atoms with Gasteiger partial charge in [-0.3, -0.25) is 0 Å².